The quantitative estimate of drug-likeness (QED) is 0.667. The summed E-state index contributed by atoms with van der Waals surface area (Å²) in [7, 11) is 3.25. The van der Waals surface area contributed by atoms with Gasteiger partial charge in [-0.05, 0) is 30.7 Å². The van der Waals surface area contributed by atoms with Crippen LogP contribution >= 0.6 is 0 Å². The van der Waals surface area contributed by atoms with E-state index in [0.717, 1.165) is 12.0 Å². The third kappa shape index (κ3) is 3.61. The number of carbonyl (C=O) groups excluding carboxylic acids is 1. The SMILES string of the molecule is COCCCNC(=O)c1ccc2nnc(-c3ccccc3OC)n2c1. The highest BCUT2D eigenvalue weighted by molar-refractivity contribution is 5.94. The van der Waals surface area contributed by atoms with Crippen LogP contribution in [0.3, 0.4) is 0 Å². The van der Waals surface area contributed by atoms with Crippen LogP contribution < -0.4 is 10.1 Å². The molecule has 0 saturated carbocycles. The number of hydrogen-bond acceptors (Lipinski definition) is 5. The van der Waals surface area contributed by atoms with E-state index in [1.54, 1.807) is 36.9 Å². The first-order valence-corrected chi connectivity index (χ1v) is 8.00. The maximum atomic E-state index is 12.3. The molecule has 3 aromatic rings. The second kappa shape index (κ2) is 7.76. The molecule has 130 valence electrons. The number of carbonyl (C=O) groups is 1. The predicted octanol–water partition coefficient (Wildman–Crippen LogP) is 2.17. The molecule has 0 unspecified atom stereocenters. The molecule has 7 nitrogen and oxygen atoms in total. The number of methoxy groups -OCH3 is 2. The van der Waals surface area contributed by atoms with Crippen molar-refractivity contribution in [1.29, 1.82) is 0 Å². The zero-order chi connectivity index (χ0) is 17.6. The molecule has 1 amide bonds. The van der Waals surface area contributed by atoms with Gasteiger partial charge in [0.05, 0.1) is 18.2 Å². The molecule has 0 fully saturated rings. The molecule has 25 heavy (non-hydrogen) atoms. The van der Waals surface area contributed by atoms with E-state index in [-0.39, 0.29) is 5.91 Å². The molecule has 0 atom stereocenters. The largest absolute Gasteiger partial charge is 0.496 e. The lowest BCUT2D eigenvalue weighted by Gasteiger charge is -2.08. The van der Waals surface area contributed by atoms with Crippen LogP contribution in [-0.4, -0.2) is 47.9 Å². The topological polar surface area (TPSA) is 77.8 Å². The number of benzene rings is 1. The van der Waals surface area contributed by atoms with Crippen LogP contribution in [0.2, 0.25) is 0 Å². The molecule has 2 aromatic heterocycles. The minimum Gasteiger partial charge on any atom is -0.496 e. The van der Waals surface area contributed by atoms with Gasteiger partial charge in [0.15, 0.2) is 11.5 Å². The summed E-state index contributed by atoms with van der Waals surface area (Å²) in [5, 5.41) is 11.3. The number of aromatic nitrogens is 3. The van der Waals surface area contributed by atoms with Crippen molar-refractivity contribution in [2.75, 3.05) is 27.4 Å². The highest BCUT2D eigenvalue weighted by Crippen LogP contribution is 2.28. The molecular formula is C18H20N4O3. The Labute approximate surface area is 145 Å². The Bertz CT molecular complexity index is 876. The number of rotatable bonds is 7. The van der Waals surface area contributed by atoms with E-state index in [0.29, 0.717) is 35.9 Å². The zero-order valence-electron chi connectivity index (χ0n) is 14.2. The number of para-hydroxylation sites is 1. The van der Waals surface area contributed by atoms with Crippen LogP contribution in [0.4, 0.5) is 0 Å². The lowest BCUT2D eigenvalue weighted by atomic mass is 10.2. The first-order chi connectivity index (χ1) is 12.2. The molecule has 1 aromatic carbocycles. The molecule has 0 spiro atoms. The van der Waals surface area contributed by atoms with Crippen LogP contribution in [0.25, 0.3) is 17.0 Å². The van der Waals surface area contributed by atoms with Crippen molar-refractivity contribution < 1.29 is 14.3 Å². The molecule has 3 rings (SSSR count). The van der Waals surface area contributed by atoms with Gasteiger partial charge >= 0.3 is 0 Å². The van der Waals surface area contributed by atoms with Crippen molar-refractivity contribution in [3.05, 3.63) is 48.2 Å². The summed E-state index contributed by atoms with van der Waals surface area (Å²) in [4.78, 5) is 12.3. The van der Waals surface area contributed by atoms with Gasteiger partial charge in [0, 0.05) is 26.5 Å². The van der Waals surface area contributed by atoms with Crippen molar-refractivity contribution >= 4 is 11.6 Å². The van der Waals surface area contributed by atoms with E-state index in [4.69, 9.17) is 9.47 Å². The normalized spacial score (nSPS) is 10.8. The Morgan fingerprint density at radius 1 is 1.16 bits per heavy atom. The van der Waals surface area contributed by atoms with Crippen molar-refractivity contribution in [1.82, 2.24) is 19.9 Å². The van der Waals surface area contributed by atoms with E-state index in [9.17, 15) is 4.79 Å². The number of amides is 1. The number of hydrogen-bond donors (Lipinski definition) is 1. The maximum absolute atomic E-state index is 12.3. The summed E-state index contributed by atoms with van der Waals surface area (Å²) in [6, 6.07) is 11.1. The average Bonchev–Trinajstić information content (AvgIpc) is 3.08. The smallest absolute Gasteiger partial charge is 0.252 e. The Hall–Kier alpha value is -2.93. The molecule has 0 aliphatic carbocycles. The van der Waals surface area contributed by atoms with Crippen LogP contribution in [0.5, 0.6) is 5.75 Å². The van der Waals surface area contributed by atoms with Gasteiger partial charge in [0.2, 0.25) is 0 Å². The Morgan fingerprint density at radius 2 is 2.00 bits per heavy atom. The minimum absolute atomic E-state index is 0.141. The number of fused-ring (bicyclic) bond motifs is 1. The van der Waals surface area contributed by atoms with Gasteiger partial charge in [0.25, 0.3) is 5.91 Å². The minimum atomic E-state index is -0.141. The second-order valence-electron chi connectivity index (χ2n) is 5.47. The van der Waals surface area contributed by atoms with Crippen molar-refractivity contribution in [2.45, 2.75) is 6.42 Å². The zero-order valence-corrected chi connectivity index (χ0v) is 14.2. The van der Waals surface area contributed by atoms with E-state index < -0.39 is 0 Å². The van der Waals surface area contributed by atoms with Crippen LogP contribution in [0, 0.1) is 0 Å². The molecule has 1 N–H and O–H groups in total. The number of pyridine rings is 1. The van der Waals surface area contributed by atoms with E-state index in [1.807, 2.05) is 24.3 Å². The summed E-state index contributed by atoms with van der Waals surface area (Å²) in [6.07, 6.45) is 2.51. The molecule has 0 bridgehead atoms. The standard InChI is InChI=1S/C18H20N4O3/c1-24-11-5-10-19-18(23)13-8-9-16-20-21-17(22(16)12-13)14-6-3-4-7-15(14)25-2/h3-4,6-9,12H,5,10-11H2,1-2H3,(H,19,23). The van der Waals surface area contributed by atoms with Gasteiger partial charge in [-0.3, -0.25) is 9.20 Å². The van der Waals surface area contributed by atoms with Crippen molar-refractivity contribution in [2.24, 2.45) is 0 Å². The number of ether oxygens (including phenoxy) is 2. The summed E-state index contributed by atoms with van der Waals surface area (Å²) in [5.74, 6) is 1.19. The lowest BCUT2D eigenvalue weighted by Crippen LogP contribution is -2.25. The highest BCUT2D eigenvalue weighted by Gasteiger charge is 2.14. The van der Waals surface area contributed by atoms with Gasteiger partial charge in [-0.2, -0.15) is 0 Å². The average molecular weight is 340 g/mol. The third-order valence-corrected chi connectivity index (χ3v) is 3.82. The fourth-order valence-corrected chi connectivity index (χ4v) is 2.56. The second-order valence-corrected chi connectivity index (χ2v) is 5.47. The van der Waals surface area contributed by atoms with Gasteiger partial charge in [0.1, 0.15) is 5.75 Å². The fourth-order valence-electron chi connectivity index (χ4n) is 2.56. The number of nitrogens with zero attached hydrogens (tertiary/aromatic N) is 3. The van der Waals surface area contributed by atoms with Crippen molar-refractivity contribution in [3.8, 4) is 17.1 Å². The molecule has 0 saturated heterocycles. The highest BCUT2D eigenvalue weighted by atomic mass is 16.5. The first-order valence-electron chi connectivity index (χ1n) is 8.00. The summed E-state index contributed by atoms with van der Waals surface area (Å²) < 4.78 is 12.2. The third-order valence-electron chi connectivity index (χ3n) is 3.82. The molecular weight excluding hydrogens is 320 g/mol. The Balaban J connectivity index is 1.91. The summed E-state index contributed by atoms with van der Waals surface area (Å²) in [6.45, 7) is 1.18. The van der Waals surface area contributed by atoms with Gasteiger partial charge in [-0.15, -0.1) is 10.2 Å². The summed E-state index contributed by atoms with van der Waals surface area (Å²) >= 11 is 0. The Morgan fingerprint density at radius 3 is 2.80 bits per heavy atom. The summed E-state index contributed by atoms with van der Waals surface area (Å²) in [5.41, 5.74) is 2.02. The maximum Gasteiger partial charge on any atom is 0.252 e. The Kier molecular flexibility index (Phi) is 5.25. The van der Waals surface area contributed by atoms with Gasteiger partial charge in [-0.1, -0.05) is 12.1 Å². The van der Waals surface area contributed by atoms with E-state index in [1.165, 1.54) is 0 Å². The predicted molar refractivity (Wildman–Crippen MR) is 93.8 cm³/mol. The van der Waals surface area contributed by atoms with Gasteiger partial charge in [-0.25, -0.2) is 0 Å². The molecule has 0 radical (unpaired) electrons. The van der Waals surface area contributed by atoms with Gasteiger partial charge < -0.3 is 14.8 Å². The van der Waals surface area contributed by atoms with E-state index >= 15 is 0 Å². The fraction of sp³-hybridized carbons (Fsp3) is 0.278. The van der Waals surface area contributed by atoms with Crippen molar-refractivity contribution in [3.63, 3.8) is 0 Å². The molecule has 0 aliphatic rings. The number of nitrogens with one attached hydrogen (secondary N) is 1. The van der Waals surface area contributed by atoms with Crippen LogP contribution in [-0.2, 0) is 4.74 Å². The first kappa shape index (κ1) is 16.9. The monoisotopic (exact) mass is 340 g/mol. The molecule has 7 heteroatoms. The molecule has 0 aliphatic heterocycles. The van der Waals surface area contributed by atoms with E-state index in [2.05, 4.69) is 15.5 Å². The van der Waals surface area contributed by atoms with Crippen LogP contribution in [0.1, 0.15) is 16.8 Å². The lowest BCUT2D eigenvalue weighted by molar-refractivity contribution is 0.0948. The molecule has 2 heterocycles. The van der Waals surface area contributed by atoms with Crippen LogP contribution in [0.15, 0.2) is 42.6 Å².